The first-order chi connectivity index (χ1) is 21.3. The molecule has 0 spiro atoms. The van der Waals surface area contributed by atoms with Gasteiger partial charge in [0.1, 0.15) is 17.1 Å². The highest BCUT2D eigenvalue weighted by Crippen LogP contribution is 2.45. The summed E-state index contributed by atoms with van der Waals surface area (Å²) in [6, 6.07) is 18.4. The van der Waals surface area contributed by atoms with Crippen molar-refractivity contribution in [1.82, 2.24) is 19.6 Å². The molecule has 2 aromatic carbocycles. The van der Waals surface area contributed by atoms with Crippen molar-refractivity contribution < 1.29 is 19.4 Å². The maximum absolute atomic E-state index is 13.8. The van der Waals surface area contributed by atoms with Crippen LogP contribution in [0, 0.1) is 20.8 Å². The number of rotatable bonds is 9. The molecular weight excluding hydrogens is 595 g/mol. The summed E-state index contributed by atoms with van der Waals surface area (Å²) in [4.78, 5) is 33.5. The number of amides is 1. The van der Waals surface area contributed by atoms with Gasteiger partial charge in [0.15, 0.2) is 10.1 Å². The number of fused-ring (bicyclic) bond motifs is 1. The molecule has 1 aliphatic heterocycles. The Balaban J connectivity index is 1.44. The highest BCUT2D eigenvalue weighted by atomic mass is 32.2. The van der Waals surface area contributed by atoms with Crippen LogP contribution in [0.25, 0.3) is 11.4 Å². The smallest absolute Gasteiger partial charge is 0.301 e. The molecule has 4 heterocycles. The Hall–Kier alpha value is -4.48. The Labute approximate surface area is 263 Å². The third-order valence-corrected chi connectivity index (χ3v) is 9.61. The van der Waals surface area contributed by atoms with Crippen LogP contribution >= 0.6 is 23.1 Å². The number of carbonyl (C=O) groups excluding carboxylic acids is 2. The predicted molar refractivity (Wildman–Crippen MR) is 172 cm³/mol. The number of benzene rings is 2. The molecule has 1 aliphatic rings. The van der Waals surface area contributed by atoms with Gasteiger partial charge in [-0.05, 0) is 62.1 Å². The van der Waals surface area contributed by atoms with E-state index in [-0.39, 0.29) is 22.2 Å². The summed E-state index contributed by atoms with van der Waals surface area (Å²) in [6.07, 6.45) is 2.67. The molecule has 0 bridgehead atoms. The fraction of sp³-hybridized carbons (Fsp3) is 0.242. The zero-order valence-electron chi connectivity index (χ0n) is 24.8. The molecule has 6 rings (SSSR count). The van der Waals surface area contributed by atoms with E-state index in [9.17, 15) is 14.7 Å². The molecule has 0 saturated carbocycles. The molecule has 0 aliphatic carbocycles. The van der Waals surface area contributed by atoms with Crippen molar-refractivity contribution in [2.45, 2.75) is 50.3 Å². The van der Waals surface area contributed by atoms with Crippen molar-refractivity contribution in [1.29, 1.82) is 0 Å². The van der Waals surface area contributed by atoms with Gasteiger partial charge in [0.25, 0.3) is 5.78 Å². The third-order valence-electron chi connectivity index (χ3n) is 7.48. The van der Waals surface area contributed by atoms with Gasteiger partial charge in [0.05, 0.1) is 23.9 Å². The summed E-state index contributed by atoms with van der Waals surface area (Å²) < 4.78 is 8.39. The summed E-state index contributed by atoms with van der Waals surface area (Å²) in [5.74, 6) is -0.665. The van der Waals surface area contributed by atoms with Crippen LogP contribution in [-0.2, 0) is 15.3 Å². The topological polar surface area (TPSA) is 110 Å². The Kier molecular flexibility index (Phi) is 8.24. The molecule has 1 amide bonds. The molecule has 1 N–H and O–H groups in total. The first-order valence-corrected chi connectivity index (χ1v) is 16.1. The second-order valence-electron chi connectivity index (χ2n) is 10.6. The lowest BCUT2D eigenvalue weighted by molar-refractivity contribution is -0.132. The minimum Gasteiger partial charge on any atom is -0.505 e. The van der Waals surface area contributed by atoms with E-state index in [0.717, 1.165) is 17.5 Å². The number of ketones is 1. The molecule has 11 heteroatoms. The van der Waals surface area contributed by atoms with E-state index in [2.05, 4.69) is 39.4 Å². The van der Waals surface area contributed by atoms with Gasteiger partial charge in [-0.1, -0.05) is 78.1 Å². The molecule has 9 nitrogen and oxygen atoms in total. The summed E-state index contributed by atoms with van der Waals surface area (Å²) in [6.45, 7) is 8.32. The molecule has 1 saturated heterocycles. The number of aliphatic hydroxyl groups is 1. The number of aromatic nitrogens is 4. The lowest BCUT2D eigenvalue weighted by Gasteiger charge is -2.23. The van der Waals surface area contributed by atoms with Gasteiger partial charge >= 0.3 is 5.91 Å². The van der Waals surface area contributed by atoms with Crippen molar-refractivity contribution in [3.63, 3.8) is 0 Å². The van der Waals surface area contributed by atoms with Crippen LogP contribution in [0.15, 0.2) is 76.8 Å². The number of thioether (sulfide) groups is 1. The molecule has 44 heavy (non-hydrogen) atoms. The zero-order chi connectivity index (χ0) is 31.0. The number of hydrogen-bond acceptors (Lipinski definition) is 9. The highest BCUT2D eigenvalue weighted by Gasteiger charge is 2.49. The van der Waals surface area contributed by atoms with Gasteiger partial charge < -0.3 is 14.2 Å². The lowest BCUT2D eigenvalue weighted by atomic mass is 9.96. The molecular formula is C33H31N5O4S2. The number of pyridine rings is 1. The van der Waals surface area contributed by atoms with Crippen LogP contribution < -0.4 is 9.64 Å². The van der Waals surface area contributed by atoms with Crippen molar-refractivity contribution >= 4 is 51.3 Å². The van der Waals surface area contributed by atoms with Crippen LogP contribution in [0.2, 0.25) is 0 Å². The van der Waals surface area contributed by atoms with E-state index < -0.39 is 17.7 Å². The maximum Gasteiger partial charge on any atom is 0.301 e. The van der Waals surface area contributed by atoms with E-state index in [1.54, 1.807) is 6.07 Å². The van der Waals surface area contributed by atoms with Crippen molar-refractivity contribution in [2.75, 3.05) is 11.5 Å². The Morgan fingerprint density at radius 2 is 1.84 bits per heavy atom. The third kappa shape index (κ3) is 5.48. The second kappa shape index (κ2) is 12.3. The molecule has 1 unspecified atom stereocenters. The zero-order valence-corrected chi connectivity index (χ0v) is 26.4. The minimum absolute atomic E-state index is 0.0594. The quantitative estimate of drug-likeness (QED) is 0.0625. The normalized spacial score (nSPS) is 16.3. The van der Waals surface area contributed by atoms with Gasteiger partial charge in [-0.15, -0.1) is 10.2 Å². The molecule has 224 valence electrons. The Morgan fingerprint density at radius 3 is 2.59 bits per heavy atom. The Bertz CT molecular complexity index is 1910. The average molecular weight is 626 g/mol. The van der Waals surface area contributed by atoms with Gasteiger partial charge in [-0.2, -0.15) is 0 Å². The fourth-order valence-corrected chi connectivity index (χ4v) is 7.02. The van der Waals surface area contributed by atoms with Crippen LogP contribution in [0.1, 0.15) is 53.0 Å². The number of Topliss-reactive ketones (excluding diaryl/α,β-unsaturated/α-hetero) is 1. The SMILES string of the molecule is CCCOc1cccc(C2/C(=C(\O)c3nc4c(C)cccn4c3C)C(=O)C(=O)N2c2nnc(SCc3ccc(C)cc3)s2)c1. The monoisotopic (exact) mass is 625 g/mol. The number of anilines is 1. The van der Waals surface area contributed by atoms with Crippen molar-refractivity contribution in [2.24, 2.45) is 0 Å². The van der Waals surface area contributed by atoms with Gasteiger partial charge in [0.2, 0.25) is 5.13 Å². The number of aryl methyl sites for hydroxylation is 3. The Morgan fingerprint density at radius 1 is 1.05 bits per heavy atom. The van der Waals surface area contributed by atoms with Crippen LogP contribution in [0.4, 0.5) is 5.13 Å². The number of imidazole rings is 1. The van der Waals surface area contributed by atoms with Gasteiger partial charge in [0, 0.05) is 11.9 Å². The van der Waals surface area contributed by atoms with Crippen LogP contribution in [0.3, 0.4) is 0 Å². The van der Waals surface area contributed by atoms with Crippen molar-refractivity contribution in [3.8, 4) is 5.75 Å². The number of hydrogen-bond donors (Lipinski definition) is 1. The van der Waals surface area contributed by atoms with Crippen molar-refractivity contribution in [3.05, 3.63) is 106 Å². The summed E-state index contributed by atoms with van der Waals surface area (Å²) >= 11 is 2.74. The lowest BCUT2D eigenvalue weighted by Crippen LogP contribution is -2.29. The van der Waals surface area contributed by atoms with Gasteiger partial charge in [-0.25, -0.2) is 4.98 Å². The molecule has 1 fully saturated rings. The number of ether oxygens (including phenoxy) is 1. The standard InChI is InChI=1S/C33H31N5O4S2/c1-5-16-42-24-10-6-9-23(17-24)27-25(28(39)26-21(4)37-15-7-8-20(3)30(37)34-26)29(40)31(41)38(27)32-35-36-33(44-32)43-18-22-13-11-19(2)12-14-22/h6-15,17,27,39H,5,16,18H2,1-4H3/b28-25+. The summed E-state index contributed by atoms with van der Waals surface area (Å²) in [7, 11) is 0. The average Bonchev–Trinajstić information content (AvgIpc) is 3.71. The fourth-order valence-electron chi connectivity index (χ4n) is 5.20. The highest BCUT2D eigenvalue weighted by molar-refractivity contribution is 8.00. The molecule has 3 aromatic heterocycles. The first-order valence-electron chi connectivity index (χ1n) is 14.3. The molecule has 0 radical (unpaired) electrons. The second-order valence-corrected chi connectivity index (χ2v) is 12.8. The summed E-state index contributed by atoms with van der Waals surface area (Å²) in [5.41, 5.74) is 5.33. The van der Waals surface area contributed by atoms with E-state index in [1.165, 1.54) is 33.6 Å². The van der Waals surface area contributed by atoms with Crippen LogP contribution in [-0.4, -0.2) is 43.0 Å². The number of carbonyl (C=O) groups is 2. The van der Waals surface area contributed by atoms with E-state index in [1.807, 2.05) is 68.6 Å². The first kappa shape index (κ1) is 29.6. The molecule has 1 atom stereocenters. The minimum atomic E-state index is -0.964. The molecule has 5 aromatic rings. The summed E-state index contributed by atoms with van der Waals surface area (Å²) in [5, 5.41) is 20.7. The van der Waals surface area contributed by atoms with E-state index in [4.69, 9.17) is 4.74 Å². The number of nitrogens with zero attached hydrogens (tertiary/aromatic N) is 5. The van der Waals surface area contributed by atoms with E-state index in [0.29, 0.717) is 39.4 Å². The largest absolute Gasteiger partial charge is 0.505 e. The maximum atomic E-state index is 13.8. The van der Waals surface area contributed by atoms with Crippen LogP contribution in [0.5, 0.6) is 5.75 Å². The number of aliphatic hydroxyl groups excluding tert-OH is 1. The van der Waals surface area contributed by atoms with Gasteiger partial charge in [-0.3, -0.25) is 14.5 Å². The van der Waals surface area contributed by atoms with E-state index >= 15 is 0 Å². The predicted octanol–water partition coefficient (Wildman–Crippen LogP) is 6.82.